The van der Waals surface area contributed by atoms with Gasteiger partial charge in [0.05, 0.1) is 16.7 Å². The summed E-state index contributed by atoms with van der Waals surface area (Å²) in [5, 5.41) is 14.2. The first-order chi connectivity index (χ1) is 13.5. The SMILES string of the molecule is Cc1ccc(C2C(C#N)=C(N)SC2C(=O)NC(=O)NCc2ccccc2)cc1. The molecule has 3 rings (SSSR count). The number of rotatable bonds is 4. The highest BCUT2D eigenvalue weighted by Crippen LogP contribution is 2.45. The fraction of sp³-hybridized carbons (Fsp3) is 0.190. The Labute approximate surface area is 167 Å². The van der Waals surface area contributed by atoms with E-state index in [1.54, 1.807) is 0 Å². The summed E-state index contributed by atoms with van der Waals surface area (Å²) in [6, 6.07) is 18.5. The summed E-state index contributed by atoms with van der Waals surface area (Å²) in [6.45, 7) is 2.27. The second-order valence-electron chi connectivity index (χ2n) is 6.47. The Hall–Kier alpha value is -3.24. The van der Waals surface area contributed by atoms with E-state index in [4.69, 9.17) is 5.73 Å². The maximum Gasteiger partial charge on any atom is 0.321 e. The third-order valence-corrected chi connectivity index (χ3v) is 5.70. The van der Waals surface area contributed by atoms with E-state index in [1.807, 2.05) is 61.5 Å². The molecule has 28 heavy (non-hydrogen) atoms. The molecule has 3 amide bonds. The highest BCUT2D eigenvalue weighted by Gasteiger charge is 2.41. The van der Waals surface area contributed by atoms with E-state index in [1.165, 1.54) is 0 Å². The van der Waals surface area contributed by atoms with E-state index in [0.717, 1.165) is 28.5 Å². The first kappa shape index (κ1) is 19.5. The molecule has 0 fully saturated rings. The van der Waals surface area contributed by atoms with Gasteiger partial charge in [0.2, 0.25) is 5.91 Å². The van der Waals surface area contributed by atoms with Crippen molar-refractivity contribution in [2.24, 2.45) is 5.73 Å². The Morgan fingerprint density at radius 2 is 1.82 bits per heavy atom. The first-order valence-corrected chi connectivity index (χ1v) is 9.63. The van der Waals surface area contributed by atoms with Crippen LogP contribution in [0.1, 0.15) is 22.6 Å². The molecule has 6 nitrogen and oxygen atoms in total. The molecule has 0 bridgehead atoms. The van der Waals surface area contributed by atoms with E-state index in [-0.39, 0.29) is 0 Å². The van der Waals surface area contributed by atoms with Gasteiger partial charge in [0.15, 0.2) is 0 Å². The molecule has 4 N–H and O–H groups in total. The second kappa shape index (κ2) is 8.63. The van der Waals surface area contributed by atoms with Gasteiger partial charge in [-0.25, -0.2) is 4.79 Å². The van der Waals surface area contributed by atoms with Gasteiger partial charge in [0, 0.05) is 12.5 Å². The molecule has 142 valence electrons. The van der Waals surface area contributed by atoms with Crippen LogP contribution in [0.2, 0.25) is 0 Å². The Kier molecular flexibility index (Phi) is 6.02. The van der Waals surface area contributed by atoms with Crippen LogP contribution in [-0.2, 0) is 11.3 Å². The van der Waals surface area contributed by atoms with E-state index in [2.05, 4.69) is 16.7 Å². The van der Waals surface area contributed by atoms with Crippen molar-refractivity contribution in [1.29, 1.82) is 5.26 Å². The zero-order valence-electron chi connectivity index (χ0n) is 15.3. The van der Waals surface area contributed by atoms with Crippen LogP contribution in [0, 0.1) is 18.3 Å². The van der Waals surface area contributed by atoms with Crippen molar-refractivity contribution in [3.63, 3.8) is 0 Å². The zero-order chi connectivity index (χ0) is 20.1. The lowest BCUT2D eigenvalue weighted by Gasteiger charge is -2.19. The smallest absolute Gasteiger partial charge is 0.321 e. The number of imide groups is 1. The largest absolute Gasteiger partial charge is 0.393 e. The van der Waals surface area contributed by atoms with Crippen LogP contribution in [0.5, 0.6) is 0 Å². The topological polar surface area (TPSA) is 108 Å². The number of benzene rings is 2. The summed E-state index contributed by atoms with van der Waals surface area (Å²) in [4.78, 5) is 24.9. The van der Waals surface area contributed by atoms with Crippen LogP contribution in [0.15, 0.2) is 65.2 Å². The number of hydrogen-bond donors (Lipinski definition) is 3. The van der Waals surface area contributed by atoms with Crippen LogP contribution in [-0.4, -0.2) is 17.2 Å². The molecule has 7 heteroatoms. The van der Waals surface area contributed by atoms with Crippen molar-refractivity contribution in [1.82, 2.24) is 10.6 Å². The number of urea groups is 1. The van der Waals surface area contributed by atoms with Gasteiger partial charge >= 0.3 is 6.03 Å². The highest BCUT2D eigenvalue weighted by molar-refractivity contribution is 8.04. The Bertz CT molecular complexity index is 949. The molecule has 1 aliphatic rings. The number of nitriles is 1. The van der Waals surface area contributed by atoms with Gasteiger partial charge in [-0.1, -0.05) is 71.9 Å². The van der Waals surface area contributed by atoms with Gasteiger partial charge in [-0.05, 0) is 18.1 Å². The molecule has 2 aromatic rings. The van der Waals surface area contributed by atoms with Crippen molar-refractivity contribution in [3.8, 4) is 6.07 Å². The fourth-order valence-electron chi connectivity index (χ4n) is 3.02. The van der Waals surface area contributed by atoms with Crippen LogP contribution in [0.25, 0.3) is 0 Å². The van der Waals surface area contributed by atoms with Gasteiger partial charge in [-0.2, -0.15) is 5.26 Å². The molecular weight excluding hydrogens is 372 g/mol. The number of thioether (sulfide) groups is 1. The molecule has 1 aliphatic heterocycles. The third kappa shape index (κ3) is 4.35. The van der Waals surface area contributed by atoms with Crippen LogP contribution >= 0.6 is 11.8 Å². The number of aryl methyl sites for hydroxylation is 1. The maximum atomic E-state index is 12.7. The summed E-state index contributed by atoms with van der Waals surface area (Å²) in [5.41, 5.74) is 9.16. The summed E-state index contributed by atoms with van der Waals surface area (Å²) in [6.07, 6.45) is 0. The molecule has 1 heterocycles. The molecule has 0 saturated carbocycles. The first-order valence-electron chi connectivity index (χ1n) is 8.75. The molecule has 2 aromatic carbocycles. The summed E-state index contributed by atoms with van der Waals surface area (Å²) < 4.78 is 0. The van der Waals surface area contributed by atoms with Gasteiger partial charge in [-0.15, -0.1) is 0 Å². The van der Waals surface area contributed by atoms with Crippen molar-refractivity contribution in [3.05, 3.63) is 81.9 Å². The quantitative estimate of drug-likeness (QED) is 0.741. The van der Waals surface area contributed by atoms with Crippen molar-refractivity contribution in [2.45, 2.75) is 24.6 Å². The predicted molar refractivity (Wildman–Crippen MR) is 109 cm³/mol. The molecule has 2 unspecified atom stereocenters. The minimum Gasteiger partial charge on any atom is -0.393 e. The second-order valence-corrected chi connectivity index (χ2v) is 7.66. The third-order valence-electron chi connectivity index (χ3n) is 4.48. The van der Waals surface area contributed by atoms with E-state index < -0.39 is 23.1 Å². The van der Waals surface area contributed by atoms with Crippen molar-refractivity contribution in [2.75, 3.05) is 0 Å². The molecule has 0 aliphatic carbocycles. The molecule has 2 atom stereocenters. The Morgan fingerprint density at radius 3 is 2.46 bits per heavy atom. The number of allylic oxidation sites excluding steroid dienone is 1. The molecule has 0 aromatic heterocycles. The van der Waals surface area contributed by atoms with Crippen molar-refractivity contribution >= 4 is 23.7 Å². The summed E-state index contributed by atoms with van der Waals surface area (Å²) in [5.74, 6) is -0.966. The lowest BCUT2D eigenvalue weighted by Crippen LogP contribution is -2.44. The minimum atomic E-state index is -0.681. The van der Waals surface area contributed by atoms with Gasteiger partial charge < -0.3 is 11.1 Å². The van der Waals surface area contributed by atoms with Crippen LogP contribution in [0.4, 0.5) is 4.79 Å². The van der Waals surface area contributed by atoms with Crippen LogP contribution < -0.4 is 16.4 Å². The Morgan fingerprint density at radius 1 is 1.14 bits per heavy atom. The highest BCUT2D eigenvalue weighted by atomic mass is 32.2. The number of nitrogens with one attached hydrogen (secondary N) is 2. The van der Waals surface area contributed by atoms with E-state index >= 15 is 0 Å². The number of nitrogens with two attached hydrogens (primary N) is 1. The van der Waals surface area contributed by atoms with Crippen molar-refractivity contribution < 1.29 is 9.59 Å². The lowest BCUT2D eigenvalue weighted by atomic mass is 9.88. The maximum absolute atomic E-state index is 12.7. The van der Waals surface area contributed by atoms with Crippen LogP contribution in [0.3, 0.4) is 0 Å². The number of carbonyl (C=O) groups excluding carboxylic acids is 2. The average molecular weight is 392 g/mol. The summed E-state index contributed by atoms with van der Waals surface area (Å²) in [7, 11) is 0. The minimum absolute atomic E-state index is 0.309. The summed E-state index contributed by atoms with van der Waals surface area (Å²) >= 11 is 1.11. The molecule has 0 spiro atoms. The van der Waals surface area contributed by atoms with Gasteiger partial charge in [0.25, 0.3) is 0 Å². The number of carbonyl (C=O) groups is 2. The average Bonchev–Trinajstić information content (AvgIpc) is 3.04. The normalized spacial score (nSPS) is 18.4. The van der Waals surface area contributed by atoms with Gasteiger partial charge in [-0.3, -0.25) is 10.1 Å². The monoisotopic (exact) mass is 392 g/mol. The molecule has 0 radical (unpaired) electrons. The number of nitrogens with zero attached hydrogens (tertiary/aromatic N) is 1. The Balaban J connectivity index is 1.70. The predicted octanol–water partition coefficient (Wildman–Crippen LogP) is 2.91. The standard InChI is InChI=1S/C21H20N4O2S/c1-13-7-9-15(10-8-13)17-16(11-22)19(23)28-18(17)20(26)25-21(27)24-12-14-5-3-2-4-6-14/h2-10,17-18H,12,23H2,1H3,(H2,24,25,26,27). The van der Waals surface area contributed by atoms with Gasteiger partial charge in [0.1, 0.15) is 5.25 Å². The number of amides is 3. The molecule has 0 saturated heterocycles. The molecular formula is C21H20N4O2S. The lowest BCUT2D eigenvalue weighted by molar-refractivity contribution is -0.119. The van der Waals surface area contributed by atoms with E-state index in [0.29, 0.717) is 17.1 Å². The fourth-order valence-corrected chi connectivity index (χ4v) is 4.19. The van der Waals surface area contributed by atoms with E-state index in [9.17, 15) is 14.9 Å². The zero-order valence-corrected chi connectivity index (χ0v) is 16.1. The number of hydrogen-bond acceptors (Lipinski definition) is 5.